The van der Waals surface area contributed by atoms with Crippen molar-refractivity contribution in [1.29, 1.82) is 0 Å². The maximum Gasteiger partial charge on any atom is 0.143 e. The third kappa shape index (κ3) is 4.84. The Morgan fingerprint density at radius 3 is 2.15 bits per heavy atom. The van der Waals surface area contributed by atoms with E-state index < -0.39 is 0 Å². The number of benzene rings is 4. The molecule has 0 spiro atoms. The fourth-order valence-electron chi connectivity index (χ4n) is 5.22. The Labute approximate surface area is 230 Å². The summed E-state index contributed by atoms with van der Waals surface area (Å²) >= 11 is 0. The normalized spacial score (nSPS) is 14.4. The van der Waals surface area contributed by atoms with Gasteiger partial charge in [0.2, 0.25) is 0 Å². The van der Waals surface area contributed by atoms with Crippen LogP contribution in [-0.4, -0.2) is 0 Å². The van der Waals surface area contributed by atoms with Crippen LogP contribution in [-0.2, 0) is 0 Å². The molecule has 0 fully saturated rings. The van der Waals surface area contributed by atoms with Crippen molar-refractivity contribution >= 4 is 49.4 Å². The van der Waals surface area contributed by atoms with E-state index in [9.17, 15) is 0 Å². The van der Waals surface area contributed by atoms with Crippen LogP contribution in [0, 0.1) is 0 Å². The monoisotopic (exact) mass is 506 g/mol. The van der Waals surface area contributed by atoms with Crippen molar-refractivity contribution < 1.29 is 4.42 Å². The molecular formula is C38H34O. The molecule has 0 unspecified atom stereocenters. The zero-order valence-electron chi connectivity index (χ0n) is 23.2. The van der Waals surface area contributed by atoms with Crippen molar-refractivity contribution in [2.24, 2.45) is 0 Å². The van der Waals surface area contributed by atoms with Crippen molar-refractivity contribution in [2.75, 3.05) is 0 Å². The fraction of sp³-hybridized carbons (Fsp3) is 0.105. The summed E-state index contributed by atoms with van der Waals surface area (Å²) in [4.78, 5) is 0. The summed E-state index contributed by atoms with van der Waals surface area (Å²) in [6.07, 6.45) is 10.3. The van der Waals surface area contributed by atoms with Crippen molar-refractivity contribution in [1.82, 2.24) is 0 Å². The highest BCUT2D eigenvalue weighted by Gasteiger charge is 2.16. The molecule has 0 aliphatic carbocycles. The van der Waals surface area contributed by atoms with Gasteiger partial charge in [-0.25, -0.2) is 0 Å². The van der Waals surface area contributed by atoms with Crippen molar-refractivity contribution in [3.05, 3.63) is 150 Å². The first-order chi connectivity index (χ1) is 18.9. The molecule has 0 aliphatic heterocycles. The Kier molecular flexibility index (Phi) is 7.34. The van der Waals surface area contributed by atoms with Crippen LogP contribution in [0.25, 0.3) is 49.4 Å². The molecule has 192 valence electrons. The van der Waals surface area contributed by atoms with E-state index in [0.29, 0.717) is 0 Å². The molecule has 39 heavy (non-hydrogen) atoms. The Bertz CT molecular complexity index is 1970. The van der Waals surface area contributed by atoms with Crippen LogP contribution in [0.2, 0.25) is 0 Å². The van der Waals surface area contributed by atoms with Gasteiger partial charge >= 0.3 is 0 Å². The first kappa shape index (κ1) is 26.0. The van der Waals surface area contributed by atoms with E-state index in [1.54, 1.807) is 0 Å². The molecule has 1 nitrogen and oxygen atoms in total. The van der Waals surface area contributed by atoms with Gasteiger partial charge in [0.25, 0.3) is 0 Å². The lowest BCUT2D eigenvalue weighted by molar-refractivity contribution is 0.668. The highest BCUT2D eigenvalue weighted by atomic mass is 16.3. The number of hydrogen-bond donors (Lipinski definition) is 0. The van der Waals surface area contributed by atoms with E-state index in [0.717, 1.165) is 44.2 Å². The third-order valence-corrected chi connectivity index (χ3v) is 7.58. The lowest BCUT2D eigenvalue weighted by Crippen LogP contribution is -2.28. The van der Waals surface area contributed by atoms with Crippen LogP contribution < -0.4 is 10.4 Å². The highest BCUT2D eigenvalue weighted by molar-refractivity contribution is 6.21. The average Bonchev–Trinajstić information content (AvgIpc) is 3.37. The maximum absolute atomic E-state index is 6.47. The Balaban J connectivity index is 1.74. The fourth-order valence-corrected chi connectivity index (χ4v) is 5.22. The molecule has 1 aromatic heterocycles. The van der Waals surface area contributed by atoms with Crippen molar-refractivity contribution in [3.8, 4) is 0 Å². The first-order valence-corrected chi connectivity index (χ1v) is 13.4. The maximum atomic E-state index is 6.47. The zero-order valence-corrected chi connectivity index (χ0v) is 23.2. The summed E-state index contributed by atoms with van der Waals surface area (Å²) < 4.78 is 6.47. The lowest BCUT2D eigenvalue weighted by atomic mass is 9.93. The largest absolute Gasteiger partial charge is 0.455 e. The van der Waals surface area contributed by atoms with Gasteiger partial charge < -0.3 is 4.42 Å². The second-order valence-corrected chi connectivity index (χ2v) is 9.95. The van der Waals surface area contributed by atoms with Gasteiger partial charge in [0.1, 0.15) is 11.2 Å². The van der Waals surface area contributed by atoms with Crippen LogP contribution in [0.3, 0.4) is 0 Å². The van der Waals surface area contributed by atoms with Gasteiger partial charge in [-0.05, 0) is 95.0 Å². The number of rotatable bonds is 6. The second kappa shape index (κ2) is 11.0. The predicted octanol–water partition coefficient (Wildman–Crippen LogP) is 9.43. The van der Waals surface area contributed by atoms with Crippen LogP contribution in [0.5, 0.6) is 0 Å². The molecule has 0 saturated carbocycles. The quantitative estimate of drug-likeness (QED) is 0.209. The van der Waals surface area contributed by atoms with Gasteiger partial charge in [0, 0.05) is 16.3 Å². The molecule has 1 heteroatoms. The molecular weight excluding hydrogens is 472 g/mol. The van der Waals surface area contributed by atoms with Gasteiger partial charge in [0.05, 0.1) is 0 Å². The predicted molar refractivity (Wildman–Crippen MR) is 171 cm³/mol. The van der Waals surface area contributed by atoms with Gasteiger partial charge in [-0.15, -0.1) is 0 Å². The Hall–Kier alpha value is -4.62. The average molecular weight is 507 g/mol. The molecule has 4 aromatic carbocycles. The van der Waals surface area contributed by atoms with E-state index in [1.165, 1.54) is 32.4 Å². The molecule has 5 aromatic rings. The van der Waals surface area contributed by atoms with E-state index in [-0.39, 0.29) is 0 Å². The van der Waals surface area contributed by atoms with Gasteiger partial charge in [-0.3, -0.25) is 0 Å². The minimum atomic E-state index is 0.876. The highest BCUT2D eigenvalue weighted by Crippen LogP contribution is 2.39. The smallest absolute Gasteiger partial charge is 0.143 e. The topological polar surface area (TPSA) is 13.1 Å². The van der Waals surface area contributed by atoms with Gasteiger partial charge in [0.15, 0.2) is 0 Å². The minimum Gasteiger partial charge on any atom is -0.455 e. The molecule has 0 saturated heterocycles. The van der Waals surface area contributed by atoms with Crippen LogP contribution in [0.1, 0.15) is 33.3 Å². The summed E-state index contributed by atoms with van der Waals surface area (Å²) in [5.41, 5.74) is 8.33. The molecule has 1 heterocycles. The summed E-state index contributed by atoms with van der Waals surface area (Å²) in [6, 6.07) is 27.5. The van der Waals surface area contributed by atoms with Gasteiger partial charge in [-0.2, -0.15) is 0 Å². The molecule has 0 radical (unpaired) electrons. The molecule has 0 atom stereocenters. The van der Waals surface area contributed by atoms with E-state index in [4.69, 9.17) is 4.42 Å². The Morgan fingerprint density at radius 2 is 1.44 bits per heavy atom. The van der Waals surface area contributed by atoms with Crippen LogP contribution >= 0.6 is 0 Å². The number of hydrogen-bond acceptors (Lipinski definition) is 1. The standard InChI is InChI=1S/C38H34O/c1-7-9-16-25(3)27(5)31-18-12-13-19-32(31)28(6)26(4)23-29(8-2)35-24-30-17-10-11-20-33(30)37-34-21-14-15-22-36(34)39-38(35)37/h7-24H,2,4H2,1,3,5-6H3. The summed E-state index contributed by atoms with van der Waals surface area (Å²) in [7, 11) is 0. The number of para-hydroxylation sites is 1. The molecule has 0 N–H and O–H groups in total. The van der Waals surface area contributed by atoms with Crippen molar-refractivity contribution in [3.63, 3.8) is 0 Å². The second-order valence-electron chi connectivity index (χ2n) is 9.95. The zero-order chi connectivity index (χ0) is 27.5. The molecule has 0 aliphatic rings. The molecule has 5 rings (SSSR count). The molecule has 0 amide bonds. The Morgan fingerprint density at radius 1 is 0.795 bits per heavy atom. The first-order valence-electron chi connectivity index (χ1n) is 13.4. The SMILES string of the molecule is C=CC(=CC(=C)C(C)=c1ccccc1=C(C)C(C)=CC=CC)c1cc2ccccc2c2c1oc1ccccc12. The van der Waals surface area contributed by atoms with Crippen LogP contribution in [0.15, 0.2) is 138 Å². The van der Waals surface area contributed by atoms with Crippen LogP contribution in [0.4, 0.5) is 0 Å². The van der Waals surface area contributed by atoms with Gasteiger partial charge in [-0.1, -0.05) is 104 Å². The lowest BCUT2D eigenvalue weighted by Gasteiger charge is -2.10. The van der Waals surface area contributed by atoms with E-state index in [2.05, 4.69) is 125 Å². The number of allylic oxidation sites excluding steroid dienone is 8. The molecule has 0 bridgehead atoms. The summed E-state index contributed by atoms with van der Waals surface area (Å²) in [6.45, 7) is 17.2. The van der Waals surface area contributed by atoms with E-state index >= 15 is 0 Å². The third-order valence-electron chi connectivity index (χ3n) is 7.58. The summed E-state index contributed by atoms with van der Waals surface area (Å²) in [5, 5.41) is 7.01. The minimum absolute atomic E-state index is 0.876. The summed E-state index contributed by atoms with van der Waals surface area (Å²) in [5.74, 6) is 0. The number of fused-ring (bicyclic) bond motifs is 5. The number of furan rings is 1. The van der Waals surface area contributed by atoms with E-state index in [1.807, 2.05) is 25.1 Å². The van der Waals surface area contributed by atoms with Crippen molar-refractivity contribution in [2.45, 2.75) is 27.7 Å².